The molecule has 0 saturated heterocycles. The molecular formula is C16H19CrNO7. The van der Waals surface area contributed by atoms with Crippen LogP contribution in [0.4, 0.5) is 0 Å². The Labute approximate surface area is 161 Å². The number of hydrogen-bond donors (Lipinski definition) is 1. The number of ether oxygens (including phenoxy) is 2. The summed E-state index contributed by atoms with van der Waals surface area (Å²) in [6.45, 7) is 26.0. The van der Waals surface area contributed by atoms with Crippen molar-refractivity contribution in [3.05, 3.63) is 31.1 Å². The molecular weight excluding hydrogens is 370 g/mol. The van der Waals surface area contributed by atoms with Crippen LogP contribution in [-0.4, -0.2) is 59.3 Å². The molecule has 0 aliphatic rings. The summed E-state index contributed by atoms with van der Waals surface area (Å²) >= 11 is 0. The normalized spacial score (nSPS) is 6.04. The summed E-state index contributed by atoms with van der Waals surface area (Å²) in [6, 6.07) is 4.01. The third-order valence-corrected chi connectivity index (χ3v) is 1.61. The molecule has 0 aliphatic carbocycles. The van der Waals surface area contributed by atoms with Crippen molar-refractivity contribution in [1.29, 1.82) is 0 Å². The second-order valence-corrected chi connectivity index (χ2v) is 2.92. The summed E-state index contributed by atoms with van der Waals surface area (Å²) in [7, 11) is 6.45. The molecule has 1 N–H and O–H groups in total. The Hall–Kier alpha value is -1.92. The zero-order chi connectivity index (χ0) is 20.6. The van der Waals surface area contributed by atoms with Crippen molar-refractivity contribution < 1.29 is 50.8 Å². The smallest absolute Gasteiger partial charge is 0.281 e. The molecule has 25 heavy (non-hydrogen) atoms. The predicted molar refractivity (Wildman–Crippen MR) is 85.4 cm³/mol. The van der Waals surface area contributed by atoms with Gasteiger partial charge in [0.05, 0.1) is 0 Å². The van der Waals surface area contributed by atoms with Crippen LogP contribution in [0.25, 0.3) is 0 Å². The van der Waals surface area contributed by atoms with Gasteiger partial charge in [-0.25, -0.2) is 0 Å². The summed E-state index contributed by atoms with van der Waals surface area (Å²) in [4.78, 5) is 40.5. The molecule has 1 aromatic rings. The van der Waals surface area contributed by atoms with Crippen LogP contribution in [0.3, 0.4) is 0 Å². The second kappa shape index (κ2) is 79.9. The van der Waals surface area contributed by atoms with E-state index in [1.54, 1.807) is 7.11 Å². The monoisotopic (exact) mass is 389 g/mol. The van der Waals surface area contributed by atoms with E-state index in [-0.39, 0.29) is 17.4 Å². The number of H-pyrrole nitrogens is 1. The molecule has 1 heterocycles. The molecule has 136 valence electrons. The fraction of sp³-hybridized carbons (Fsp3) is 0.375. The van der Waals surface area contributed by atoms with Gasteiger partial charge in [-0.05, 0) is 31.9 Å². The average molecular weight is 389 g/mol. The Morgan fingerprint density at radius 3 is 1.52 bits per heavy atom. The van der Waals surface area contributed by atoms with Gasteiger partial charge in [0.15, 0.2) is 0 Å². The largest absolute Gasteiger partial charge is 0.385 e. The van der Waals surface area contributed by atoms with Gasteiger partial charge in [-0.15, -0.1) is 0 Å². The number of methoxy groups -OCH3 is 1. The van der Waals surface area contributed by atoms with Crippen molar-refractivity contribution in [3.63, 3.8) is 0 Å². The number of rotatable bonds is 5. The first-order chi connectivity index (χ1) is 11.8. The molecule has 12 radical (unpaired) electrons. The maximum absolute atomic E-state index is 7.50. The van der Waals surface area contributed by atoms with Crippen molar-refractivity contribution >= 4 is 33.9 Å². The molecule has 0 bridgehead atoms. The Morgan fingerprint density at radius 2 is 1.32 bits per heavy atom. The Balaban J connectivity index is -0.0000000340. The van der Waals surface area contributed by atoms with Crippen molar-refractivity contribution in [2.45, 2.75) is 19.8 Å². The molecule has 0 aromatic carbocycles. The van der Waals surface area contributed by atoms with Crippen LogP contribution in [0.1, 0.15) is 18.5 Å². The zero-order valence-electron chi connectivity index (χ0n) is 13.9. The van der Waals surface area contributed by atoms with Crippen LogP contribution in [0.2, 0.25) is 0 Å². The van der Waals surface area contributed by atoms with Crippen LogP contribution in [-0.2, 0) is 50.8 Å². The molecule has 0 saturated carbocycles. The van der Waals surface area contributed by atoms with Crippen LogP contribution in [0, 0.1) is 14.0 Å². The van der Waals surface area contributed by atoms with Gasteiger partial charge in [-0.3, -0.25) is 24.0 Å². The van der Waals surface area contributed by atoms with Crippen LogP contribution < -0.4 is 0 Å². The van der Waals surface area contributed by atoms with Crippen molar-refractivity contribution in [2.24, 2.45) is 0 Å². The van der Waals surface area contributed by atoms with Gasteiger partial charge in [0, 0.05) is 49.6 Å². The fourth-order valence-corrected chi connectivity index (χ4v) is 0.852. The summed E-state index contributed by atoms with van der Waals surface area (Å²) < 4.78 is 9.12. The van der Waals surface area contributed by atoms with E-state index < -0.39 is 0 Å². The maximum atomic E-state index is 7.50. The number of aromatic nitrogens is 1. The quantitative estimate of drug-likeness (QED) is 0.726. The van der Waals surface area contributed by atoms with E-state index in [4.69, 9.17) is 35.8 Å². The number of hydrogen-bond acceptors (Lipinski definition) is 7. The van der Waals surface area contributed by atoms with Crippen LogP contribution in [0.15, 0.2) is 18.3 Å². The van der Waals surface area contributed by atoms with E-state index in [1.807, 2.05) is 25.3 Å². The van der Waals surface area contributed by atoms with E-state index in [9.17, 15) is 0 Å². The summed E-state index contributed by atoms with van der Waals surface area (Å²) in [5.41, 5.74) is 1.22. The number of aryl methyl sites for hydroxylation is 1. The van der Waals surface area contributed by atoms with Crippen molar-refractivity contribution in [1.82, 2.24) is 4.98 Å². The SMILES string of the molecule is Cc1ccc[nH]1.[CH]OCCCCOC.[C]=O.[C]=O.[C]=O.[C]=O.[C]=O.[Cr]. The zero-order valence-corrected chi connectivity index (χ0v) is 15.2. The first kappa shape index (κ1) is 43.5. The van der Waals surface area contributed by atoms with Gasteiger partial charge in [0.1, 0.15) is 7.11 Å². The van der Waals surface area contributed by atoms with Crippen LogP contribution >= 0.6 is 0 Å². The predicted octanol–water partition coefficient (Wildman–Crippen LogP) is 0.433. The van der Waals surface area contributed by atoms with E-state index in [2.05, 4.69) is 43.7 Å². The molecule has 0 fully saturated rings. The first-order valence-corrected chi connectivity index (χ1v) is 5.74. The first-order valence-electron chi connectivity index (χ1n) is 5.74. The third kappa shape index (κ3) is 87.6. The molecule has 1 aromatic heterocycles. The van der Waals surface area contributed by atoms with Gasteiger partial charge in [-0.2, -0.15) is 0 Å². The molecule has 1 rings (SSSR count). The molecule has 9 heteroatoms. The average Bonchev–Trinajstić information content (AvgIpc) is 3.18. The summed E-state index contributed by atoms with van der Waals surface area (Å²) in [5.74, 6) is 0. The minimum Gasteiger partial charge on any atom is -0.385 e. The van der Waals surface area contributed by atoms with E-state index >= 15 is 0 Å². The Morgan fingerprint density at radius 1 is 0.920 bits per heavy atom. The Kier molecular flexibility index (Phi) is 139. The molecule has 0 aliphatic heterocycles. The minimum atomic E-state index is 0. The second-order valence-electron chi connectivity index (χ2n) is 2.92. The third-order valence-electron chi connectivity index (χ3n) is 1.61. The summed E-state index contributed by atoms with van der Waals surface area (Å²) in [6.07, 6.45) is 3.91. The minimum absolute atomic E-state index is 0. The van der Waals surface area contributed by atoms with Crippen molar-refractivity contribution in [3.8, 4) is 0 Å². The maximum Gasteiger partial charge on any atom is 0.281 e. The van der Waals surface area contributed by atoms with Gasteiger partial charge >= 0.3 is 0 Å². The summed E-state index contributed by atoms with van der Waals surface area (Å²) in [5, 5.41) is 0. The van der Waals surface area contributed by atoms with Gasteiger partial charge < -0.3 is 14.5 Å². The fourth-order valence-electron chi connectivity index (χ4n) is 0.852. The molecule has 0 amide bonds. The topological polar surface area (TPSA) is 120 Å². The Bertz CT molecular complexity index is 247. The van der Waals surface area contributed by atoms with Crippen LogP contribution in [0.5, 0.6) is 0 Å². The molecule has 8 nitrogen and oxygen atoms in total. The molecule has 0 unspecified atom stereocenters. The number of aromatic amines is 1. The van der Waals surface area contributed by atoms with Gasteiger partial charge in [0.25, 0.3) is 33.9 Å². The van der Waals surface area contributed by atoms with E-state index in [0.717, 1.165) is 19.4 Å². The molecule has 0 spiro atoms. The standard InChI is InChI=1S/C6H12O2.C5H7N.5CO.Cr/c1-7-5-3-4-6-8-2;1-5-3-2-4-6-5;5*1-2;/h1H,3-6H2,2H3;2-4,6H,1H3;;;;;;. The number of carbonyl (C=O) groups excluding carboxylic acids is 5. The number of unbranched alkanes of at least 4 members (excludes halogenated alkanes) is 1. The van der Waals surface area contributed by atoms with Gasteiger partial charge in [-0.1, -0.05) is 0 Å². The van der Waals surface area contributed by atoms with Gasteiger partial charge in [0.2, 0.25) is 0 Å². The van der Waals surface area contributed by atoms with E-state index in [1.165, 1.54) is 5.69 Å². The number of nitrogens with one attached hydrogen (secondary N) is 1. The van der Waals surface area contributed by atoms with E-state index in [0.29, 0.717) is 6.61 Å². The molecule has 0 atom stereocenters. The van der Waals surface area contributed by atoms with Crippen molar-refractivity contribution in [2.75, 3.05) is 20.3 Å².